The number of benzene rings is 1. The van der Waals surface area contributed by atoms with Gasteiger partial charge in [-0.2, -0.15) is 0 Å². The molecule has 0 spiro atoms. The van der Waals surface area contributed by atoms with Crippen LogP contribution in [-0.4, -0.2) is 52.6 Å². The Hall–Kier alpha value is -3.43. The molecule has 0 bridgehead atoms. The van der Waals surface area contributed by atoms with Crippen molar-refractivity contribution in [1.29, 1.82) is 0 Å². The molecule has 0 radical (unpaired) electrons. The molecule has 2 unspecified atom stereocenters. The zero-order chi connectivity index (χ0) is 37.3. The zero-order valence-electron chi connectivity index (χ0n) is 32.3. The number of carbonyl (C=O) groups excluding carboxylic acids is 5. The Morgan fingerprint density at radius 2 is 1.30 bits per heavy atom. The average Bonchev–Trinajstić information content (AvgIpc) is 3.25. The predicted molar refractivity (Wildman–Crippen MR) is 201 cm³/mol. The van der Waals surface area contributed by atoms with Gasteiger partial charge < -0.3 is 20.7 Å². The largest absolute Gasteiger partial charge is 0.492 e. The maximum atomic E-state index is 13.9. The van der Waals surface area contributed by atoms with E-state index in [4.69, 9.17) is 4.74 Å². The number of Topliss-reactive ketones (excluding diaryl/α,β-unsaturated/α-hetero) is 1. The molecule has 1 aromatic rings. The van der Waals surface area contributed by atoms with Crippen molar-refractivity contribution in [3.63, 3.8) is 0 Å². The standard InChI is InChI=1S/C40H66N4O6/c1-9-12-14-16-18-19-21-23-25-29(24-22-20-17-15-13-10-2)35(46)41-30-26-27-32(50-11-3)31(28-30)42-36(47)33(34(45)39(4,5)6)44-37(48)40(7,8)43-38(44)49/h26-29,33H,9-25H2,1-8H3,(H,41,46)(H,42,47)(H,43,49). The van der Waals surface area contributed by atoms with Crippen molar-refractivity contribution in [2.75, 3.05) is 17.2 Å². The summed E-state index contributed by atoms with van der Waals surface area (Å²) in [6.45, 7) is 14.5. The molecule has 1 aliphatic rings. The van der Waals surface area contributed by atoms with Crippen molar-refractivity contribution in [2.24, 2.45) is 11.3 Å². The van der Waals surface area contributed by atoms with Crippen molar-refractivity contribution in [2.45, 2.75) is 170 Å². The van der Waals surface area contributed by atoms with Crippen LogP contribution < -0.4 is 20.7 Å². The minimum Gasteiger partial charge on any atom is -0.492 e. The lowest BCUT2D eigenvalue weighted by Gasteiger charge is -2.29. The van der Waals surface area contributed by atoms with E-state index in [1.54, 1.807) is 45.9 Å². The van der Waals surface area contributed by atoms with E-state index in [0.717, 1.165) is 38.5 Å². The molecule has 3 N–H and O–H groups in total. The van der Waals surface area contributed by atoms with Crippen LogP contribution in [0.4, 0.5) is 16.2 Å². The van der Waals surface area contributed by atoms with Gasteiger partial charge in [0.15, 0.2) is 11.8 Å². The number of carbonyl (C=O) groups is 5. The highest BCUT2D eigenvalue weighted by Gasteiger charge is 2.53. The maximum Gasteiger partial charge on any atom is 0.326 e. The van der Waals surface area contributed by atoms with Crippen LogP contribution in [-0.2, 0) is 19.2 Å². The number of nitrogens with one attached hydrogen (secondary N) is 3. The quantitative estimate of drug-likeness (QED) is 0.0560. The van der Waals surface area contributed by atoms with Gasteiger partial charge in [0, 0.05) is 17.0 Å². The van der Waals surface area contributed by atoms with Crippen molar-refractivity contribution in [3.8, 4) is 5.75 Å². The highest BCUT2D eigenvalue weighted by atomic mass is 16.5. The molecule has 0 saturated carbocycles. The number of urea groups is 1. The second-order valence-corrected chi connectivity index (χ2v) is 15.4. The van der Waals surface area contributed by atoms with Gasteiger partial charge in [0.05, 0.1) is 12.3 Å². The van der Waals surface area contributed by atoms with Gasteiger partial charge in [-0.1, -0.05) is 125 Å². The minimum absolute atomic E-state index is 0.0507. The Morgan fingerprint density at radius 1 is 0.780 bits per heavy atom. The maximum absolute atomic E-state index is 13.9. The molecular formula is C40H66N4O6. The van der Waals surface area contributed by atoms with Crippen molar-refractivity contribution in [3.05, 3.63) is 18.2 Å². The molecular weight excluding hydrogens is 632 g/mol. The van der Waals surface area contributed by atoms with Crippen LogP contribution in [0.15, 0.2) is 18.2 Å². The van der Waals surface area contributed by atoms with E-state index in [0.29, 0.717) is 22.9 Å². The molecule has 10 nitrogen and oxygen atoms in total. The second kappa shape index (κ2) is 21.1. The summed E-state index contributed by atoms with van der Waals surface area (Å²) in [5.74, 6) is -1.93. The van der Waals surface area contributed by atoms with Crippen LogP contribution in [0.1, 0.15) is 158 Å². The van der Waals surface area contributed by atoms with E-state index < -0.39 is 40.6 Å². The Labute approximate surface area is 301 Å². The SMILES string of the molecule is CCCCCCCCCCC(CCCCCCCC)C(=O)Nc1ccc(OCC)c(NC(=O)C(C(=O)C(C)(C)C)N2C(=O)NC(C)(C)C2=O)c1. The van der Waals surface area contributed by atoms with Crippen LogP contribution in [0.5, 0.6) is 5.75 Å². The van der Waals surface area contributed by atoms with Gasteiger partial charge >= 0.3 is 6.03 Å². The van der Waals surface area contributed by atoms with Crippen LogP contribution in [0, 0.1) is 11.3 Å². The molecule has 1 aliphatic heterocycles. The summed E-state index contributed by atoms with van der Waals surface area (Å²) in [5, 5.41) is 8.39. The van der Waals surface area contributed by atoms with Gasteiger partial charge in [0.2, 0.25) is 5.91 Å². The van der Waals surface area contributed by atoms with Crippen molar-refractivity contribution < 1.29 is 28.7 Å². The third kappa shape index (κ3) is 13.4. The molecule has 50 heavy (non-hydrogen) atoms. The number of hydrogen-bond acceptors (Lipinski definition) is 6. The average molecular weight is 699 g/mol. The molecule has 0 aromatic heterocycles. The van der Waals surface area contributed by atoms with Gasteiger partial charge in [0.25, 0.3) is 11.8 Å². The van der Waals surface area contributed by atoms with Crippen molar-refractivity contribution >= 4 is 40.9 Å². The molecule has 1 heterocycles. The van der Waals surface area contributed by atoms with Crippen LogP contribution in [0.2, 0.25) is 0 Å². The summed E-state index contributed by atoms with van der Waals surface area (Å²) in [5.41, 5.74) is -1.60. The normalized spacial score (nSPS) is 15.4. The van der Waals surface area contributed by atoms with E-state index in [9.17, 15) is 24.0 Å². The molecule has 5 amide bonds. The number of ether oxygens (including phenoxy) is 1. The number of amides is 5. The van der Waals surface area contributed by atoms with E-state index >= 15 is 0 Å². The molecule has 1 aromatic carbocycles. The topological polar surface area (TPSA) is 134 Å². The molecule has 10 heteroatoms. The molecule has 282 valence electrons. The fourth-order valence-electron chi connectivity index (χ4n) is 6.31. The number of hydrogen-bond donors (Lipinski definition) is 3. The smallest absolute Gasteiger partial charge is 0.326 e. The fourth-order valence-corrected chi connectivity index (χ4v) is 6.31. The summed E-state index contributed by atoms with van der Waals surface area (Å²) in [4.78, 5) is 68.1. The molecule has 0 aliphatic carbocycles. The number of rotatable bonds is 24. The van der Waals surface area contributed by atoms with Crippen LogP contribution >= 0.6 is 0 Å². The van der Waals surface area contributed by atoms with E-state index in [1.165, 1.54) is 78.1 Å². The lowest BCUT2D eigenvalue weighted by atomic mass is 9.85. The molecule has 1 saturated heterocycles. The summed E-state index contributed by atoms with van der Waals surface area (Å²) in [6, 6.07) is 2.48. The summed E-state index contributed by atoms with van der Waals surface area (Å²) in [7, 11) is 0. The Kier molecular flexibility index (Phi) is 18.0. The van der Waals surface area contributed by atoms with Crippen LogP contribution in [0.3, 0.4) is 0 Å². The van der Waals surface area contributed by atoms with E-state index in [-0.39, 0.29) is 17.5 Å². The molecule has 1 fully saturated rings. The first-order valence-electron chi connectivity index (χ1n) is 19.3. The highest BCUT2D eigenvalue weighted by Crippen LogP contribution is 2.32. The summed E-state index contributed by atoms with van der Waals surface area (Å²) >= 11 is 0. The van der Waals surface area contributed by atoms with Gasteiger partial charge in [0.1, 0.15) is 11.3 Å². The zero-order valence-corrected chi connectivity index (χ0v) is 32.3. The number of anilines is 2. The molecule has 2 rings (SSSR count). The van der Waals surface area contributed by atoms with E-state index in [2.05, 4.69) is 29.8 Å². The lowest BCUT2D eigenvalue weighted by Crippen LogP contribution is -2.55. The number of ketones is 1. The summed E-state index contributed by atoms with van der Waals surface area (Å²) in [6.07, 6.45) is 18.3. The third-order valence-corrected chi connectivity index (χ3v) is 9.37. The predicted octanol–water partition coefficient (Wildman–Crippen LogP) is 9.17. The van der Waals surface area contributed by atoms with Gasteiger partial charge in [-0.3, -0.25) is 19.2 Å². The molecule has 2 atom stereocenters. The van der Waals surface area contributed by atoms with Gasteiger partial charge in [-0.15, -0.1) is 0 Å². The second-order valence-electron chi connectivity index (χ2n) is 15.4. The fraction of sp³-hybridized carbons (Fsp3) is 0.725. The number of imide groups is 1. The van der Waals surface area contributed by atoms with E-state index in [1.807, 2.05) is 0 Å². The number of unbranched alkanes of at least 4 members (excludes halogenated alkanes) is 12. The Balaban J connectivity index is 2.25. The first-order chi connectivity index (χ1) is 23.7. The van der Waals surface area contributed by atoms with Crippen LogP contribution in [0.25, 0.3) is 0 Å². The first-order valence-corrected chi connectivity index (χ1v) is 19.3. The highest BCUT2D eigenvalue weighted by molar-refractivity contribution is 6.20. The summed E-state index contributed by atoms with van der Waals surface area (Å²) < 4.78 is 5.78. The van der Waals surface area contributed by atoms with Gasteiger partial charge in [-0.05, 0) is 51.8 Å². The Morgan fingerprint density at radius 3 is 1.76 bits per heavy atom. The Bertz CT molecular complexity index is 1270. The number of nitrogens with zero attached hydrogens (tertiary/aromatic N) is 1. The lowest BCUT2D eigenvalue weighted by molar-refractivity contribution is -0.144. The third-order valence-electron chi connectivity index (χ3n) is 9.37. The van der Waals surface area contributed by atoms with Gasteiger partial charge in [-0.25, -0.2) is 9.69 Å². The monoisotopic (exact) mass is 698 g/mol. The first kappa shape index (κ1) is 42.7. The van der Waals surface area contributed by atoms with Crippen molar-refractivity contribution in [1.82, 2.24) is 10.2 Å². The minimum atomic E-state index is -1.70.